The molecule has 1 heterocycles. The Morgan fingerprint density at radius 2 is 2.05 bits per heavy atom. The first-order valence-electron chi connectivity index (χ1n) is 8.46. The van der Waals surface area contributed by atoms with E-state index in [1.165, 1.54) is 11.1 Å². The molecule has 0 amide bonds. The summed E-state index contributed by atoms with van der Waals surface area (Å²) in [7, 11) is 2.17. The summed E-state index contributed by atoms with van der Waals surface area (Å²) in [5.74, 6) is 0.113. The van der Waals surface area contributed by atoms with E-state index in [9.17, 15) is 10.2 Å². The lowest BCUT2D eigenvalue weighted by atomic mass is 9.60. The van der Waals surface area contributed by atoms with E-state index in [4.69, 9.17) is 0 Å². The van der Waals surface area contributed by atoms with Gasteiger partial charge in [0.15, 0.2) is 11.5 Å². The van der Waals surface area contributed by atoms with E-state index in [2.05, 4.69) is 31.9 Å². The molecule has 1 aromatic rings. The van der Waals surface area contributed by atoms with E-state index in [0.29, 0.717) is 6.04 Å². The smallest absolute Gasteiger partial charge is 0.161 e. The fourth-order valence-corrected chi connectivity index (χ4v) is 4.48. The molecule has 1 fully saturated rings. The van der Waals surface area contributed by atoms with Crippen LogP contribution < -0.4 is 0 Å². The van der Waals surface area contributed by atoms with Gasteiger partial charge in [-0.2, -0.15) is 0 Å². The van der Waals surface area contributed by atoms with Crippen LogP contribution in [0.25, 0.3) is 0 Å². The van der Waals surface area contributed by atoms with Crippen LogP contribution in [0.1, 0.15) is 50.7 Å². The van der Waals surface area contributed by atoms with Crippen molar-refractivity contribution in [3.63, 3.8) is 0 Å². The van der Waals surface area contributed by atoms with Gasteiger partial charge >= 0.3 is 0 Å². The first-order valence-corrected chi connectivity index (χ1v) is 8.46. The molecule has 0 unspecified atom stereocenters. The van der Waals surface area contributed by atoms with Crippen molar-refractivity contribution in [1.29, 1.82) is 0 Å². The Hall–Kier alpha value is -1.48. The quantitative estimate of drug-likeness (QED) is 0.646. The van der Waals surface area contributed by atoms with Gasteiger partial charge in [0, 0.05) is 17.0 Å². The van der Waals surface area contributed by atoms with Crippen molar-refractivity contribution in [2.75, 3.05) is 13.6 Å². The SMILES string of the molecule is CCc1ccc(O)c(O)c1[C@@]12CCCC=C1[C@@H](C)N(C)CC2. The van der Waals surface area contributed by atoms with Gasteiger partial charge in [0.1, 0.15) is 0 Å². The Labute approximate surface area is 133 Å². The van der Waals surface area contributed by atoms with Crippen molar-refractivity contribution >= 4 is 0 Å². The second-order valence-corrected chi connectivity index (χ2v) is 6.86. The maximum absolute atomic E-state index is 10.7. The highest BCUT2D eigenvalue weighted by atomic mass is 16.3. The van der Waals surface area contributed by atoms with Crippen molar-refractivity contribution in [2.45, 2.75) is 57.4 Å². The molecule has 0 saturated carbocycles. The number of likely N-dealkylation sites (tertiary alicyclic amines) is 1. The molecule has 0 spiro atoms. The van der Waals surface area contributed by atoms with E-state index < -0.39 is 0 Å². The summed E-state index contributed by atoms with van der Waals surface area (Å²) in [5, 5.41) is 20.7. The molecule has 2 aliphatic rings. The zero-order valence-corrected chi connectivity index (χ0v) is 13.9. The van der Waals surface area contributed by atoms with Gasteiger partial charge in [-0.1, -0.05) is 19.1 Å². The van der Waals surface area contributed by atoms with Gasteiger partial charge in [-0.05, 0) is 69.8 Å². The molecule has 1 aromatic carbocycles. The highest BCUT2D eigenvalue weighted by molar-refractivity contribution is 5.57. The summed E-state index contributed by atoms with van der Waals surface area (Å²) in [6, 6.07) is 3.99. The molecule has 2 N–H and O–H groups in total. The van der Waals surface area contributed by atoms with Crippen LogP contribution in [0, 0.1) is 0 Å². The Balaban J connectivity index is 2.23. The van der Waals surface area contributed by atoms with E-state index in [1.54, 1.807) is 6.07 Å². The Morgan fingerprint density at radius 1 is 1.27 bits per heavy atom. The first kappa shape index (κ1) is 15.4. The molecule has 1 saturated heterocycles. The van der Waals surface area contributed by atoms with Crippen LogP contribution in [-0.2, 0) is 11.8 Å². The molecule has 0 aromatic heterocycles. The molecule has 3 rings (SSSR count). The van der Waals surface area contributed by atoms with Crippen LogP contribution in [0.5, 0.6) is 11.5 Å². The number of benzene rings is 1. The van der Waals surface area contributed by atoms with Crippen molar-refractivity contribution in [3.8, 4) is 11.5 Å². The molecular formula is C19H27NO2. The predicted molar refractivity (Wildman–Crippen MR) is 89.5 cm³/mol. The fraction of sp³-hybridized carbons (Fsp3) is 0.579. The van der Waals surface area contributed by atoms with Crippen molar-refractivity contribution < 1.29 is 10.2 Å². The molecule has 0 radical (unpaired) electrons. The zero-order chi connectivity index (χ0) is 15.9. The summed E-state index contributed by atoms with van der Waals surface area (Å²) >= 11 is 0. The minimum Gasteiger partial charge on any atom is -0.504 e. The van der Waals surface area contributed by atoms with Crippen molar-refractivity contribution in [3.05, 3.63) is 34.9 Å². The van der Waals surface area contributed by atoms with Crippen LogP contribution in [-0.4, -0.2) is 34.7 Å². The standard InChI is InChI=1S/C19H27NO2/c1-4-14-8-9-16(21)18(22)17(14)19-10-6-5-7-15(19)13(2)20(3)12-11-19/h7-9,13,21-22H,4-6,10-12H2,1-3H3/t13-,19-/m1/s1. The normalized spacial score (nSPS) is 29.0. The number of hydrogen-bond acceptors (Lipinski definition) is 3. The molecular weight excluding hydrogens is 274 g/mol. The number of phenolic OH excluding ortho intramolecular Hbond substituents is 2. The van der Waals surface area contributed by atoms with Crippen LogP contribution in [0.3, 0.4) is 0 Å². The highest BCUT2D eigenvalue weighted by Gasteiger charge is 2.46. The number of piperidine rings is 1. The van der Waals surface area contributed by atoms with Crippen LogP contribution in [0.2, 0.25) is 0 Å². The number of aromatic hydroxyl groups is 2. The van der Waals surface area contributed by atoms with Gasteiger partial charge in [-0.15, -0.1) is 0 Å². The number of likely N-dealkylation sites (N-methyl/N-ethyl adjacent to an activating group) is 1. The molecule has 1 aliphatic carbocycles. The Bertz CT molecular complexity index is 608. The molecule has 3 heteroatoms. The van der Waals surface area contributed by atoms with Crippen LogP contribution in [0.15, 0.2) is 23.8 Å². The molecule has 120 valence electrons. The van der Waals surface area contributed by atoms with E-state index in [0.717, 1.165) is 44.2 Å². The van der Waals surface area contributed by atoms with E-state index in [-0.39, 0.29) is 16.9 Å². The summed E-state index contributed by atoms with van der Waals surface area (Å²) in [6.07, 6.45) is 7.62. The molecule has 2 atom stereocenters. The lowest BCUT2D eigenvalue weighted by molar-refractivity contribution is 0.176. The number of fused-ring (bicyclic) bond motifs is 1. The third kappa shape index (κ3) is 2.14. The third-order valence-electron chi connectivity index (χ3n) is 5.83. The summed E-state index contributed by atoms with van der Waals surface area (Å²) in [6.45, 7) is 5.41. The van der Waals surface area contributed by atoms with Gasteiger partial charge < -0.3 is 10.2 Å². The number of hydrogen-bond donors (Lipinski definition) is 2. The summed E-state index contributed by atoms with van der Waals surface area (Å²) in [5.41, 5.74) is 3.49. The summed E-state index contributed by atoms with van der Waals surface area (Å²) < 4.78 is 0. The van der Waals surface area contributed by atoms with Gasteiger partial charge in [-0.25, -0.2) is 0 Å². The maximum Gasteiger partial charge on any atom is 0.161 e. The van der Waals surface area contributed by atoms with Gasteiger partial charge in [0.05, 0.1) is 0 Å². The average Bonchev–Trinajstić information content (AvgIpc) is 2.53. The van der Waals surface area contributed by atoms with E-state index >= 15 is 0 Å². The fourth-order valence-electron chi connectivity index (χ4n) is 4.48. The zero-order valence-electron chi connectivity index (χ0n) is 13.9. The lowest BCUT2D eigenvalue weighted by Gasteiger charge is -2.50. The lowest BCUT2D eigenvalue weighted by Crippen LogP contribution is -2.49. The number of nitrogens with zero attached hydrogens (tertiary/aromatic N) is 1. The largest absolute Gasteiger partial charge is 0.504 e. The Kier molecular flexibility index (Phi) is 3.94. The summed E-state index contributed by atoms with van der Waals surface area (Å²) in [4.78, 5) is 2.39. The molecule has 0 bridgehead atoms. The van der Waals surface area contributed by atoms with Gasteiger partial charge in [0.2, 0.25) is 0 Å². The topological polar surface area (TPSA) is 43.7 Å². The van der Waals surface area contributed by atoms with Gasteiger partial charge in [-0.3, -0.25) is 4.90 Å². The van der Waals surface area contributed by atoms with E-state index in [1.807, 2.05) is 6.07 Å². The molecule has 1 aliphatic heterocycles. The second-order valence-electron chi connectivity index (χ2n) is 6.86. The maximum atomic E-state index is 10.7. The van der Waals surface area contributed by atoms with Gasteiger partial charge in [0.25, 0.3) is 0 Å². The second kappa shape index (κ2) is 5.62. The number of aryl methyl sites for hydroxylation is 1. The average molecular weight is 301 g/mol. The predicted octanol–water partition coefficient (Wildman–Crippen LogP) is 3.73. The molecule has 3 nitrogen and oxygen atoms in total. The number of rotatable bonds is 2. The number of phenols is 2. The third-order valence-corrected chi connectivity index (χ3v) is 5.83. The van der Waals surface area contributed by atoms with Crippen molar-refractivity contribution in [2.24, 2.45) is 0 Å². The van der Waals surface area contributed by atoms with Crippen molar-refractivity contribution in [1.82, 2.24) is 4.90 Å². The Morgan fingerprint density at radius 3 is 2.77 bits per heavy atom. The minimum absolute atomic E-state index is 0.0121. The highest BCUT2D eigenvalue weighted by Crippen LogP contribution is 2.53. The minimum atomic E-state index is -0.0989. The molecule has 22 heavy (non-hydrogen) atoms. The first-order chi connectivity index (χ1) is 10.5. The monoisotopic (exact) mass is 301 g/mol. The number of allylic oxidation sites excluding steroid dienone is 1. The van der Waals surface area contributed by atoms with Crippen LogP contribution >= 0.6 is 0 Å². The van der Waals surface area contributed by atoms with Crippen LogP contribution in [0.4, 0.5) is 0 Å².